The van der Waals surface area contributed by atoms with E-state index in [2.05, 4.69) is 21.1 Å². The van der Waals surface area contributed by atoms with Crippen molar-refractivity contribution in [3.05, 3.63) is 0 Å². The van der Waals surface area contributed by atoms with Crippen molar-refractivity contribution in [1.29, 1.82) is 0 Å². The Morgan fingerprint density at radius 2 is 1.71 bits per heavy atom. The summed E-state index contributed by atoms with van der Waals surface area (Å²) in [5.41, 5.74) is -0.577. The molecule has 1 aliphatic heterocycles. The molecule has 6 nitrogen and oxygen atoms in total. The van der Waals surface area contributed by atoms with Crippen LogP contribution in [0, 0.1) is 0 Å². The number of quaternary nitrogens is 1. The lowest BCUT2D eigenvalue weighted by Gasteiger charge is -2.31. The number of amides is 1. The highest BCUT2D eigenvalue weighted by Gasteiger charge is 2.46. The van der Waals surface area contributed by atoms with E-state index in [9.17, 15) is 9.59 Å². The highest BCUT2D eigenvalue weighted by molar-refractivity contribution is 5.82. The van der Waals surface area contributed by atoms with E-state index in [1.165, 1.54) is 12.0 Å². The molecule has 0 spiro atoms. The number of methoxy groups -OCH3 is 1. The van der Waals surface area contributed by atoms with E-state index in [0.29, 0.717) is 17.4 Å². The SMILES string of the molecule is COC(=O)[C@H]1C[C@H]([N+](C)(C)C)CN1C(=O)OC(C)(C)C.[I-]. The van der Waals surface area contributed by atoms with E-state index in [0.717, 1.165) is 0 Å². The molecule has 1 amide bonds. The van der Waals surface area contributed by atoms with Crippen molar-refractivity contribution >= 4 is 12.1 Å². The fourth-order valence-electron chi connectivity index (χ4n) is 2.26. The van der Waals surface area contributed by atoms with Crippen LogP contribution < -0.4 is 24.0 Å². The van der Waals surface area contributed by atoms with Gasteiger partial charge in [-0.05, 0) is 20.8 Å². The number of halogens is 1. The van der Waals surface area contributed by atoms with Crippen molar-refractivity contribution < 1.29 is 47.5 Å². The predicted octanol–water partition coefficient (Wildman–Crippen LogP) is -1.75. The van der Waals surface area contributed by atoms with Gasteiger partial charge in [0.15, 0.2) is 0 Å². The molecule has 1 heterocycles. The molecule has 0 radical (unpaired) electrons. The summed E-state index contributed by atoms with van der Waals surface area (Å²) in [6, 6.07) is -0.371. The average Bonchev–Trinajstić information content (AvgIpc) is 2.69. The molecule has 0 N–H and O–H groups in total. The van der Waals surface area contributed by atoms with Crippen LogP contribution in [0.15, 0.2) is 0 Å². The molecule has 0 aromatic carbocycles. The number of likely N-dealkylation sites (tertiary alicyclic amines) is 1. The zero-order valence-corrected chi connectivity index (χ0v) is 16.1. The summed E-state index contributed by atoms with van der Waals surface area (Å²) in [5.74, 6) is -0.383. The molecular weight excluding hydrogens is 387 g/mol. The molecule has 1 aliphatic rings. The van der Waals surface area contributed by atoms with Gasteiger partial charge in [0.05, 0.1) is 34.8 Å². The number of ether oxygens (including phenoxy) is 2. The Hall–Kier alpha value is -0.570. The van der Waals surface area contributed by atoms with Crippen molar-refractivity contribution in [2.75, 3.05) is 34.8 Å². The first-order chi connectivity index (χ1) is 8.95. The minimum Gasteiger partial charge on any atom is -1.00 e. The maximum absolute atomic E-state index is 12.3. The molecule has 0 bridgehead atoms. The largest absolute Gasteiger partial charge is 1.00 e. The van der Waals surface area contributed by atoms with E-state index in [1.54, 1.807) is 0 Å². The first kappa shape index (κ1) is 20.4. The van der Waals surface area contributed by atoms with Gasteiger partial charge in [-0.25, -0.2) is 9.59 Å². The third-order valence-electron chi connectivity index (χ3n) is 3.48. The zero-order chi connectivity index (χ0) is 15.7. The van der Waals surface area contributed by atoms with Crippen LogP contribution in [0.2, 0.25) is 0 Å². The number of rotatable bonds is 2. The van der Waals surface area contributed by atoms with Crippen LogP contribution in [0.3, 0.4) is 0 Å². The van der Waals surface area contributed by atoms with Crippen LogP contribution in [-0.2, 0) is 14.3 Å². The highest BCUT2D eigenvalue weighted by atomic mass is 127. The van der Waals surface area contributed by atoms with Crippen molar-refractivity contribution in [3.63, 3.8) is 0 Å². The third-order valence-corrected chi connectivity index (χ3v) is 3.48. The van der Waals surface area contributed by atoms with Crippen LogP contribution in [0.1, 0.15) is 27.2 Å². The number of likely N-dealkylation sites (N-methyl/N-ethyl adjacent to an activating group) is 1. The highest BCUT2D eigenvalue weighted by Crippen LogP contribution is 2.26. The summed E-state index contributed by atoms with van der Waals surface area (Å²) in [7, 11) is 7.50. The number of carbonyl (C=O) groups excluding carboxylic acids is 2. The topological polar surface area (TPSA) is 55.8 Å². The molecule has 1 rings (SSSR count). The summed E-state index contributed by atoms with van der Waals surface area (Å²) in [5, 5.41) is 0. The molecule has 0 saturated carbocycles. The quantitative estimate of drug-likeness (QED) is 0.306. The molecule has 0 aromatic rings. The maximum atomic E-state index is 12.3. The molecule has 21 heavy (non-hydrogen) atoms. The summed E-state index contributed by atoms with van der Waals surface area (Å²) in [6.07, 6.45) is 0.138. The Kier molecular flexibility index (Phi) is 6.93. The lowest BCUT2D eigenvalue weighted by molar-refractivity contribution is -0.893. The minimum atomic E-state index is -0.577. The Morgan fingerprint density at radius 3 is 2.10 bits per heavy atom. The summed E-state index contributed by atoms with van der Waals surface area (Å²) in [4.78, 5) is 25.6. The smallest absolute Gasteiger partial charge is 0.411 e. The summed E-state index contributed by atoms with van der Waals surface area (Å²) in [6.45, 7) is 5.93. The standard InChI is InChI=1S/C14H27N2O4.HI/c1-14(2,3)20-13(18)15-9-10(16(4,5)6)8-11(15)12(17)19-7;/h10-11H,8-9H2,1-7H3;1H/q+1;/p-1/t10-,11+;/m0./s1. The van der Waals surface area contributed by atoms with Gasteiger partial charge in [-0.1, -0.05) is 0 Å². The number of hydrogen-bond acceptors (Lipinski definition) is 4. The summed E-state index contributed by atoms with van der Waals surface area (Å²) < 4.78 is 10.9. The second-order valence-corrected chi connectivity index (χ2v) is 7.18. The maximum Gasteiger partial charge on any atom is 0.411 e. The van der Waals surface area contributed by atoms with Crippen LogP contribution in [0.5, 0.6) is 0 Å². The number of carbonyl (C=O) groups is 2. The first-order valence-corrected chi connectivity index (χ1v) is 6.84. The Bertz CT molecular complexity index is 387. The Morgan fingerprint density at radius 1 is 1.19 bits per heavy atom. The van der Waals surface area contributed by atoms with E-state index in [4.69, 9.17) is 9.47 Å². The van der Waals surface area contributed by atoms with Crippen molar-refractivity contribution in [1.82, 2.24) is 4.90 Å². The average molecular weight is 414 g/mol. The normalized spacial score (nSPS) is 22.5. The number of nitrogens with zero attached hydrogens (tertiary/aromatic N) is 2. The van der Waals surface area contributed by atoms with E-state index in [1.807, 2.05) is 20.8 Å². The predicted molar refractivity (Wildman–Crippen MR) is 75.2 cm³/mol. The molecule has 124 valence electrons. The van der Waals surface area contributed by atoms with Crippen molar-refractivity contribution in [2.45, 2.75) is 44.9 Å². The lowest BCUT2D eigenvalue weighted by Crippen LogP contribution is -3.00. The molecule has 1 saturated heterocycles. The first-order valence-electron chi connectivity index (χ1n) is 6.84. The van der Waals surface area contributed by atoms with Gasteiger partial charge in [0.2, 0.25) is 0 Å². The Balaban J connectivity index is 0.00000400. The van der Waals surface area contributed by atoms with Gasteiger partial charge in [0, 0.05) is 6.42 Å². The molecule has 0 aromatic heterocycles. The van der Waals surface area contributed by atoms with Gasteiger partial charge in [-0.2, -0.15) is 0 Å². The van der Waals surface area contributed by atoms with Crippen molar-refractivity contribution in [2.24, 2.45) is 0 Å². The van der Waals surface area contributed by atoms with Crippen LogP contribution in [-0.4, -0.2) is 73.9 Å². The zero-order valence-electron chi connectivity index (χ0n) is 14.0. The molecule has 2 atom stereocenters. The van der Waals surface area contributed by atoms with Gasteiger partial charge in [-0.3, -0.25) is 4.90 Å². The van der Waals surface area contributed by atoms with Gasteiger partial charge in [0.1, 0.15) is 17.7 Å². The van der Waals surface area contributed by atoms with E-state index >= 15 is 0 Å². The van der Waals surface area contributed by atoms with Crippen LogP contribution in [0.25, 0.3) is 0 Å². The van der Waals surface area contributed by atoms with Gasteiger partial charge in [-0.15, -0.1) is 0 Å². The van der Waals surface area contributed by atoms with Crippen LogP contribution >= 0.6 is 0 Å². The van der Waals surface area contributed by atoms with Crippen molar-refractivity contribution in [3.8, 4) is 0 Å². The molecule has 0 aliphatic carbocycles. The fraction of sp³-hybridized carbons (Fsp3) is 0.857. The minimum absolute atomic E-state index is 0. The molecule has 7 heteroatoms. The number of hydrogen-bond donors (Lipinski definition) is 0. The summed E-state index contributed by atoms with van der Waals surface area (Å²) >= 11 is 0. The third kappa shape index (κ3) is 5.61. The molecule has 0 unspecified atom stereocenters. The molecule has 1 fully saturated rings. The van der Waals surface area contributed by atoms with Gasteiger partial charge < -0.3 is 37.9 Å². The van der Waals surface area contributed by atoms with E-state index in [-0.39, 0.29) is 36.0 Å². The second-order valence-electron chi connectivity index (χ2n) is 7.18. The lowest BCUT2D eigenvalue weighted by atomic mass is 10.1. The fourth-order valence-corrected chi connectivity index (χ4v) is 2.26. The number of esters is 1. The monoisotopic (exact) mass is 414 g/mol. The van der Waals surface area contributed by atoms with Crippen LogP contribution in [0.4, 0.5) is 4.79 Å². The van der Waals surface area contributed by atoms with Gasteiger partial charge >= 0.3 is 12.1 Å². The second kappa shape index (κ2) is 7.13. The van der Waals surface area contributed by atoms with Gasteiger partial charge in [0.25, 0.3) is 0 Å². The Labute approximate surface area is 144 Å². The van der Waals surface area contributed by atoms with E-state index < -0.39 is 17.7 Å². The molecular formula is C14H27IN2O4.